The molecule has 1 aromatic heterocycles. The van der Waals surface area contributed by atoms with Crippen molar-refractivity contribution in [2.45, 2.75) is 12.6 Å². The minimum absolute atomic E-state index is 0.0672. The molecule has 0 aliphatic carbocycles. The van der Waals surface area contributed by atoms with Crippen molar-refractivity contribution in [1.29, 1.82) is 0 Å². The zero-order chi connectivity index (χ0) is 23.2. The molecule has 2 heterocycles. The first-order chi connectivity index (χ1) is 16.0. The van der Waals surface area contributed by atoms with Gasteiger partial charge in [-0.25, -0.2) is 9.37 Å². The quantitative estimate of drug-likeness (QED) is 0.563. The summed E-state index contributed by atoms with van der Waals surface area (Å²) in [6.45, 7) is 2.06. The number of carbonyl (C=O) groups is 2. The summed E-state index contributed by atoms with van der Waals surface area (Å²) in [5.41, 5.74) is 1.62. The first-order valence-corrected chi connectivity index (χ1v) is 11.1. The fraction of sp³-hybridized carbons (Fsp3) is 0.240. The molecular weight excluding hydrogens is 443 g/mol. The Kier molecular flexibility index (Phi) is 7.32. The number of aromatic nitrogens is 1. The Morgan fingerprint density at radius 3 is 2.24 bits per heavy atom. The summed E-state index contributed by atoms with van der Waals surface area (Å²) in [5, 5.41) is 3.10. The number of amides is 2. The summed E-state index contributed by atoms with van der Waals surface area (Å²) in [6.07, 6.45) is 0. The second-order valence-electron chi connectivity index (χ2n) is 7.81. The van der Waals surface area contributed by atoms with E-state index in [0.717, 1.165) is 17.2 Å². The lowest BCUT2D eigenvalue weighted by Gasteiger charge is -2.38. The van der Waals surface area contributed by atoms with Crippen LogP contribution in [0, 0.1) is 5.82 Å². The molecule has 1 saturated heterocycles. The van der Waals surface area contributed by atoms with Gasteiger partial charge < -0.3 is 10.2 Å². The number of rotatable bonds is 6. The first kappa shape index (κ1) is 22.9. The smallest absolute Gasteiger partial charge is 0.275 e. The van der Waals surface area contributed by atoms with Gasteiger partial charge in [-0.2, -0.15) is 0 Å². The highest BCUT2D eigenvalue weighted by Crippen LogP contribution is 2.24. The number of nitrogens with zero attached hydrogens (tertiary/aromatic N) is 3. The molecule has 4 rings (SSSR count). The van der Waals surface area contributed by atoms with Gasteiger partial charge in [-0.15, -0.1) is 0 Å². The summed E-state index contributed by atoms with van der Waals surface area (Å²) in [7, 11) is 0. The Morgan fingerprint density at radius 1 is 0.939 bits per heavy atom. The van der Waals surface area contributed by atoms with E-state index < -0.39 is 17.8 Å². The maximum atomic E-state index is 14.1. The van der Waals surface area contributed by atoms with Crippen LogP contribution in [0.2, 0.25) is 5.15 Å². The highest BCUT2D eigenvalue weighted by atomic mass is 35.5. The molecule has 2 aromatic carbocycles. The molecule has 0 bridgehead atoms. The lowest BCUT2D eigenvalue weighted by Crippen LogP contribution is -2.52. The summed E-state index contributed by atoms with van der Waals surface area (Å²) < 4.78 is 14.1. The molecule has 0 saturated carbocycles. The molecular formula is C25H24ClFN4O2. The van der Waals surface area contributed by atoms with E-state index in [2.05, 4.69) is 10.3 Å². The van der Waals surface area contributed by atoms with Crippen molar-refractivity contribution in [3.8, 4) is 0 Å². The van der Waals surface area contributed by atoms with Crippen LogP contribution in [-0.4, -0.2) is 52.8 Å². The molecule has 1 fully saturated rings. The van der Waals surface area contributed by atoms with Gasteiger partial charge in [0, 0.05) is 32.7 Å². The maximum Gasteiger partial charge on any atom is 0.275 e. The Labute approximate surface area is 197 Å². The topological polar surface area (TPSA) is 65.5 Å². The van der Waals surface area contributed by atoms with E-state index in [4.69, 9.17) is 11.6 Å². The Bertz CT molecular complexity index is 1110. The predicted molar refractivity (Wildman–Crippen MR) is 124 cm³/mol. The zero-order valence-corrected chi connectivity index (χ0v) is 18.7. The number of carbonyl (C=O) groups excluding carboxylic acids is 2. The van der Waals surface area contributed by atoms with Crippen LogP contribution in [0.5, 0.6) is 0 Å². The normalized spacial score (nSPS) is 15.2. The standard InChI is InChI=1S/C25H24ClFN4O2/c26-21-12-11-20(27)22(29-21)25(33)31-15-13-30(14-16-31)23(19-9-5-2-6-10-19)24(32)28-17-18-7-3-1-4-8-18/h1-12,23H,13-17H2,(H,28,32). The van der Waals surface area contributed by atoms with E-state index in [1.54, 1.807) is 4.90 Å². The number of benzene rings is 2. The number of pyridine rings is 1. The van der Waals surface area contributed by atoms with Crippen LogP contribution in [0.3, 0.4) is 0 Å². The number of piperazine rings is 1. The average Bonchev–Trinajstić information content (AvgIpc) is 2.86. The highest BCUT2D eigenvalue weighted by Gasteiger charge is 2.32. The molecule has 6 nitrogen and oxygen atoms in total. The summed E-state index contributed by atoms with van der Waals surface area (Å²) >= 11 is 5.84. The third-order valence-electron chi connectivity index (χ3n) is 5.65. The predicted octanol–water partition coefficient (Wildman–Crippen LogP) is 3.69. The minimum atomic E-state index is -0.700. The zero-order valence-electron chi connectivity index (χ0n) is 18.0. The molecule has 33 heavy (non-hydrogen) atoms. The van der Waals surface area contributed by atoms with Gasteiger partial charge in [0.1, 0.15) is 11.2 Å². The summed E-state index contributed by atoms with van der Waals surface area (Å²) in [6, 6.07) is 21.3. The number of nitrogens with one attached hydrogen (secondary N) is 1. The summed E-state index contributed by atoms with van der Waals surface area (Å²) in [4.78, 5) is 33.4. The van der Waals surface area contributed by atoms with Gasteiger partial charge in [0.2, 0.25) is 5.91 Å². The van der Waals surface area contributed by atoms with Crippen molar-refractivity contribution in [3.63, 3.8) is 0 Å². The van der Waals surface area contributed by atoms with E-state index in [9.17, 15) is 14.0 Å². The maximum absolute atomic E-state index is 14.1. The van der Waals surface area contributed by atoms with E-state index in [1.165, 1.54) is 6.07 Å². The van der Waals surface area contributed by atoms with Crippen LogP contribution in [0.1, 0.15) is 27.7 Å². The van der Waals surface area contributed by atoms with Gasteiger partial charge in [0.15, 0.2) is 11.5 Å². The molecule has 3 aromatic rings. The van der Waals surface area contributed by atoms with E-state index in [-0.39, 0.29) is 16.8 Å². The molecule has 1 aliphatic heterocycles. The molecule has 1 atom stereocenters. The molecule has 0 radical (unpaired) electrons. The van der Waals surface area contributed by atoms with Crippen molar-refractivity contribution in [2.75, 3.05) is 26.2 Å². The fourth-order valence-electron chi connectivity index (χ4n) is 3.95. The Balaban J connectivity index is 1.45. The molecule has 0 spiro atoms. The van der Waals surface area contributed by atoms with Crippen molar-refractivity contribution in [1.82, 2.24) is 20.1 Å². The van der Waals surface area contributed by atoms with E-state index in [0.29, 0.717) is 32.7 Å². The van der Waals surface area contributed by atoms with Crippen molar-refractivity contribution in [3.05, 3.63) is 101 Å². The van der Waals surface area contributed by atoms with Crippen LogP contribution >= 0.6 is 11.6 Å². The number of hydrogen-bond acceptors (Lipinski definition) is 4. The molecule has 2 amide bonds. The molecule has 1 N–H and O–H groups in total. The van der Waals surface area contributed by atoms with E-state index in [1.807, 2.05) is 65.6 Å². The Morgan fingerprint density at radius 2 is 1.58 bits per heavy atom. The monoisotopic (exact) mass is 466 g/mol. The Hall–Kier alpha value is -3.29. The average molecular weight is 467 g/mol. The van der Waals surface area contributed by atoms with Crippen LogP contribution < -0.4 is 5.32 Å². The minimum Gasteiger partial charge on any atom is -0.350 e. The van der Waals surface area contributed by atoms with Gasteiger partial charge in [0.05, 0.1) is 0 Å². The van der Waals surface area contributed by atoms with Crippen LogP contribution in [-0.2, 0) is 11.3 Å². The third kappa shape index (κ3) is 5.56. The van der Waals surface area contributed by atoms with Crippen molar-refractivity contribution in [2.24, 2.45) is 0 Å². The van der Waals surface area contributed by atoms with Gasteiger partial charge in [-0.3, -0.25) is 14.5 Å². The lowest BCUT2D eigenvalue weighted by molar-refractivity contribution is -0.127. The van der Waals surface area contributed by atoms with Gasteiger partial charge in [-0.1, -0.05) is 72.3 Å². The summed E-state index contributed by atoms with van der Waals surface area (Å²) in [5.74, 6) is -1.30. The molecule has 170 valence electrons. The molecule has 1 unspecified atom stereocenters. The van der Waals surface area contributed by atoms with Gasteiger partial charge in [-0.05, 0) is 23.3 Å². The number of halogens is 2. The highest BCUT2D eigenvalue weighted by molar-refractivity contribution is 6.29. The second-order valence-corrected chi connectivity index (χ2v) is 8.20. The largest absolute Gasteiger partial charge is 0.350 e. The van der Waals surface area contributed by atoms with Crippen LogP contribution in [0.4, 0.5) is 4.39 Å². The van der Waals surface area contributed by atoms with Gasteiger partial charge in [0.25, 0.3) is 5.91 Å². The van der Waals surface area contributed by atoms with Crippen LogP contribution in [0.15, 0.2) is 72.8 Å². The fourth-order valence-corrected chi connectivity index (χ4v) is 4.09. The second kappa shape index (κ2) is 10.6. The molecule has 1 aliphatic rings. The third-order valence-corrected chi connectivity index (χ3v) is 5.86. The van der Waals surface area contributed by atoms with Gasteiger partial charge >= 0.3 is 0 Å². The van der Waals surface area contributed by atoms with Crippen molar-refractivity contribution >= 4 is 23.4 Å². The first-order valence-electron chi connectivity index (χ1n) is 10.7. The lowest BCUT2D eigenvalue weighted by atomic mass is 10.0. The molecule has 8 heteroatoms. The van der Waals surface area contributed by atoms with Crippen molar-refractivity contribution < 1.29 is 14.0 Å². The SMILES string of the molecule is O=C(NCc1ccccc1)C(c1ccccc1)N1CCN(C(=O)c2nc(Cl)ccc2F)CC1. The number of hydrogen-bond donors (Lipinski definition) is 1. The van der Waals surface area contributed by atoms with Crippen LogP contribution in [0.25, 0.3) is 0 Å². The van der Waals surface area contributed by atoms with E-state index >= 15 is 0 Å².